The average Bonchev–Trinajstić information content (AvgIpc) is 1.65. The number of aliphatic hydroxyl groups excluding tert-OH is 1. The molecule has 5 aliphatic heterocycles. The van der Waals surface area contributed by atoms with Crippen LogP contribution in [-0.2, 0) is 72.5 Å². The number of ether oxygens (including phenoxy) is 11. The number of imidazole rings is 2. The van der Waals surface area contributed by atoms with Gasteiger partial charge in [0.15, 0.2) is 58.0 Å². The van der Waals surface area contributed by atoms with E-state index >= 15 is 0 Å². The number of aliphatic hydroxyl groups is 1. The van der Waals surface area contributed by atoms with Crippen molar-refractivity contribution in [2.45, 2.75) is 207 Å². The molecule has 8 N–H and O–H groups in total. The Kier molecular flexibility index (Phi) is 20.9. The van der Waals surface area contributed by atoms with Crippen molar-refractivity contribution >= 4 is 78.8 Å². The molecule has 0 radical (unpaired) electrons. The molecule has 9 heterocycles. The molecule has 4 aromatic rings. The highest BCUT2D eigenvalue weighted by molar-refractivity contribution is 7.87. The number of nitrogens with zero attached hydrogens (tertiary/aromatic N) is 9. The predicted molar refractivity (Wildman–Crippen MR) is 301 cm³/mol. The number of aromatic nitrogens is 8. The summed E-state index contributed by atoms with van der Waals surface area (Å²) in [6, 6.07) is 0. The van der Waals surface area contributed by atoms with Crippen LogP contribution in [0.3, 0.4) is 0 Å². The largest absolute Gasteiger partial charge is 0.444 e. The maximum atomic E-state index is 12.8. The van der Waals surface area contributed by atoms with Crippen LogP contribution < -0.4 is 25.6 Å². The third-order valence-electron chi connectivity index (χ3n) is 11.6. The number of nitrogens with two attached hydrogens (primary N) is 2. The van der Waals surface area contributed by atoms with Crippen molar-refractivity contribution in [3.05, 3.63) is 25.3 Å². The van der Waals surface area contributed by atoms with E-state index in [1.54, 1.807) is 106 Å². The second kappa shape index (κ2) is 26.2. The molecule has 4 amide bonds. The number of hydrogen-bond donors (Lipinski definition) is 6. The molecule has 34 nitrogen and oxygen atoms in total. The highest BCUT2D eigenvalue weighted by Gasteiger charge is 2.58. The van der Waals surface area contributed by atoms with Crippen LogP contribution in [0.5, 0.6) is 0 Å². The van der Waals surface area contributed by atoms with Gasteiger partial charge in [-0.1, -0.05) is 0 Å². The first kappa shape index (κ1) is 68.8. The van der Waals surface area contributed by atoms with Gasteiger partial charge in [-0.3, -0.25) is 19.8 Å². The Balaban J connectivity index is 0.000000222. The molecule has 0 bridgehead atoms. The summed E-state index contributed by atoms with van der Waals surface area (Å²) in [7, 11) is -8.55. The number of anilines is 2. The van der Waals surface area contributed by atoms with Gasteiger partial charge in [-0.15, -0.1) is 0 Å². The molecule has 5 saturated heterocycles. The van der Waals surface area contributed by atoms with E-state index in [0.29, 0.717) is 15.5 Å². The number of fused-ring (bicyclic) bond motifs is 4. The Morgan fingerprint density at radius 1 is 0.605 bits per heavy atom. The lowest BCUT2D eigenvalue weighted by molar-refractivity contribution is -0.199. The molecule has 86 heavy (non-hydrogen) atoms. The van der Waals surface area contributed by atoms with Crippen LogP contribution in [0.1, 0.15) is 136 Å². The molecule has 0 aromatic carbocycles. The number of amides is 4. The van der Waals surface area contributed by atoms with E-state index in [-0.39, 0.29) is 29.4 Å². The predicted octanol–water partition coefficient (Wildman–Crippen LogP) is 4.13. The number of carbonyl (C=O) groups excluding carboxylic acids is 4. The molecule has 36 heteroatoms. The van der Waals surface area contributed by atoms with Crippen molar-refractivity contribution in [1.29, 1.82) is 0 Å². The molecule has 8 atom stereocenters. The number of nitrogens with one attached hydrogen (secondary N) is 3. The molecule has 5 fully saturated rings. The highest BCUT2D eigenvalue weighted by atomic mass is 32.2. The molecule has 482 valence electrons. The lowest BCUT2D eigenvalue weighted by Crippen LogP contribution is -2.49. The number of hydrogen-bond acceptors (Lipinski definition) is 26. The van der Waals surface area contributed by atoms with Gasteiger partial charge in [0.1, 0.15) is 71.7 Å². The summed E-state index contributed by atoms with van der Waals surface area (Å²) < 4.78 is 112. The molecule has 9 rings (SSSR count). The Bertz CT molecular complexity index is 3270. The number of carbonyl (C=O) groups is 4. The molecule has 0 aliphatic carbocycles. The first-order chi connectivity index (χ1) is 39.4. The summed E-state index contributed by atoms with van der Waals surface area (Å²) in [5, 5.41) is 24.7. The van der Waals surface area contributed by atoms with E-state index < -0.39 is 134 Å². The van der Waals surface area contributed by atoms with Crippen LogP contribution in [0, 0.1) is 0 Å². The van der Waals surface area contributed by atoms with Gasteiger partial charge in [0.25, 0.3) is 0 Å². The fourth-order valence-electron chi connectivity index (χ4n) is 8.80. The second-order valence-electron chi connectivity index (χ2n) is 24.8. The standard InChI is InChI=1S/C23H35N7O9S.C18H25N5O6.C5H12N2O4S.C4H8O/c1-21(2,3)38-19(31)28-16-13-17(26-10-25-16)29(11-27-13)18-15-14(36-23(7,8)37-15)12(35-18)9-30(40(24,33)34)20(32)39-22(4,5)6;1-17(2,3)29-16(25)22-13-10-14(20-7-19-13)23(8-21-10)15-12-11(9(6-24)26-15)27-18(4,5)28-12;1-5(2,3)11-4(8)7-12(6,9)10;1-2-4-5-3-1/h10-12,14-15,18H,9H2,1-8H3,(H2,24,33,34)(H,25,26,28,31);7-9,11-12,15,24H,6H2,1-5H3,(H,19,20,22,25);1-3H3,(H,7,8)(H2,6,9,10);1-4H2/t12-,14-,15-,18-;9-,11-,12-,15-;;/m11../s1. The van der Waals surface area contributed by atoms with Crippen LogP contribution in [0.4, 0.5) is 30.8 Å². The van der Waals surface area contributed by atoms with Gasteiger partial charge < -0.3 is 57.2 Å². The van der Waals surface area contributed by atoms with E-state index in [9.17, 15) is 41.1 Å². The monoisotopic (exact) mass is 1260 g/mol. The molecule has 0 unspecified atom stereocenters. The highest BCUT2D eigenvalue weighted by Crippen LogP contribution is 2.46. The normalized spacial score (nSPS) is 24.1. The minimum absolute atomic E-state index is 0.110. The Labute approximate surface area is 497 Å². The molecule has 5 aliphatic rings. The topological polar surface area (TPSA) is 437 Å². The van der Waals surface area contributed by atoms with Crippen molar-refractivity contribution in [2.24, 2.45) is 10.3 Å². The summed E-state index contributed by atoms with van der Waals surface area (Å²) in [6.45, 7) is 28.4. The van der Waals surface area contributed by atoms with Gasteiger partial charge in [0, 0.05) is 13.2 Å². The van der Waals surface area contributed by atoms with Gasteiger partial charge in [0.2, 0.25) is 0 Å². The smallest absolute Gasteiger partial charge is 0.425 e. The van der Waals surface area contributed by atoms with E-state index in [1.165, 1.54) is 42.9 Å². The maximum absolute atomic E-state index is 12.8. The van der Waals surface area contributed by atoms with Crippen LogP contribution in [-0.4, -0.2) is 187 Å². The van der Waals surface area contributed by atoms with E-state index in [2.05, 4.69) is 50.4 Å². The van der Waals surface area contributed by atoms with Crippen LogP contribution in [0.2, 0.25) is 0 Å². The Hall–Kier alpha value is -6.32. The molecular weight excluding hydrogens is 1180 g/mol. The molecule has 4 aromatic heterocycles. The van der Waals surface area contributed by atoms with Gasteiger partial charge in [0.05, 0.1) is 25.8 Å². The van der Waals surface area contributed by atoms with Gasteiger partial charge >= 0.3 is 44.8 Å². The SMILES string of the molecule is C1CCOC1.CC(C)(C)OC(=O)NS(N)(=O)=O.CC(C)(C)OC(=O)Nc1ncnc2c1ncn2[C@@H]1O[C@H](CN(C(=O)OC(C)(C)C)S(N)(=O)=O)[C@H]2OC(C)(C)O[C@H]21.CC(C)(C)OC(=O)Nc1ncnc2c1ncn2[C@@H]1O[C@H](CO)[C@H]2OC(C)(C)O[C@H]21. The maximum Gasteiger partial charge on any atom is 0.425 e. The third kappa shape index (κ3) is 19.3. The van der Waals surface area contributed by atoms with Crippen LogP contribution >= 0.6 is 0 Å². The fourth-order valence-corrected chi connectivity index (χ4v) is 9.68. The zero-order valence-corrected chi connectivity index (χ0v) is 52.5. The molecule has 0 spiro atoms. The lowest BCUT2D eigenvalue weighted by atomic mass is 10.1. The zero-order chi connectivity index (χ0) is 64.3. The van der Waals surface area contributed by atoms with Crippen LogP contribution in [0.15, 0.2) is 25.3 Å². The molecular formula is C50H80N14O20S2. The first-order valence-electron chi connectivity index (χ1n) is 27.0. The lowest BCUT2D eigenvalue weighted by Gasteiger charge is -2.29. The van der Waals surface area contributed by atoms with Gasteiger partial charge in [-0.2, -0.15) is 21.1 Å². The minimum atomic E-state index is -4.53. The summed E-state index contributed by atoms with van der Waals surface area (Å²) >= 11 is 0. The van der Waals surface area contributed by atoms with Gasteiger partial charge in [-0.25, -0.2) is 64.1 Å². The molecule has 0 saturated carbocycles. The fraction of sp³-hybridized carbons (Fsp3) is 0.720. The van der Waals surface area contributed by atoms with E-state index in [0.717, 1.165) is 13.2 Å². The second-order valence-corrected chi connectivity index (χ2v) is 27.6. The average molecular weight is 1260 g/mol. The van der Waals surface area contributed by atoms with Crippen molar-refractivity contribution in [3.8, 4) is 0 Å². The first-order valence-corrected chi connectivity index (χ1v) is 30.1. The summed E-state index contributed by atoms with van der Waals surface area (Å²) in [4.78, 5) is 73.4. The summed E-state index contributed by atoms with van der Waals surface area (Å²) in [6.07, 6.45) is -1.00. The zero-order valence-electron chi connectivity index (χ0n) is 50.9. The third-order valence-corrected chi connectivity index (χ3v) is 13.0. The minimum Gasteiger partial charge on any atom is -0.444 e. The summed E-state index contributed by atoms with van der Waals surface area (Å²) in [5.74, 6) is -1.51. The Morgan fingerprint density at radius 2 is 0.988 bits per heavy atom. The van der Waals surface area contributed by atoms with Crippen molar-refractivity contribution < 1.29 is 93.2 Å². The van der Waals surface area contributed by atoms with Crippen molar-refractivity contribution in [1.82, 2.24) is 48.1 Å². The number of rotatable bonds is 9. The van der Waals surface area contributed by atoms with E-state index in [4.69, 9.17) is 52.5 Å². The van der Waals surface area contributed by atoms with E-state index in [1.807, 2.05) is 13.8 Å². The van der Waals surface area contributed by atoms with Crippen molar-refractivity contribution in [2.75, 3.05) is 37.0 Å². The van der Waals surface area contributed by atoms with Gasteiger partial charge in [-0.05, 0) is 124 Å². The van der Waals surface area contributed by atoms with Crippen LogP contribution in [0.25, 0.3) is 22.3 Å². The van der Waals surface area contributed by atoms with Crippen molar-refractivity contribution in [3.63, 3.8) is 0 Å². The summed E-state index contributed by atoms with van der Waals surface area (Å²) in [5.41, 5.74) is -1.73. The Morgan fingerprint density at radius 3 is 1.35 bits per heavy atom. The quantitative estimate of drug-likeness (QED) is 0.128.